The van der Waals surface area contributed by atoms with Gasteiger partial charge in [0.2, 0.25) is 11.8 Å². The van der Waals surface area contributed by atoms with Crippen LogP contribution in [0.15, 0.2) is 36.4 Å². The number of ketones is 1. The number of hydrogen-bond donors (Lipinski definition) is 2. The molecule has 3 aliphatic heterocycles. The summed E-state index contributed by atoms with van der Waals surface area (Å²) in [6.07, 6.45) is 6.63. The van der Waals surface area contributed by atoms with Crippen LogP contribution in [0.1, 0.15) is 96.9 Å². The number of hydrogen-bond acceptors (Lipinski definition) is 8. The topological polar surface area (TPSA) is 138 Å². The van der Waals surface area contributed by atoms with Gasteiger partial charge in [-0.3, -0.25) is 29.0 Å². The number of carbonyl (C=O) groups excluding carboxylic acids is 5. The van der Waals surface area contributed by atoms with Gasteiger partial charge in [0.05, 0.1) is 17.6 Å². The number of amides is 3. The second kappa shape index (κ2) is 15.0. The van der Waals surface area contributed by atoms with E-state index in [2.05, 4.69) is 10.7 Å². The Bertz CT molecular complexity index is 1580. The fraction of sp³-hybridized carbons (Fsp3) is 0.568. The van der Waals surface area contributed by atoms with Gasteiger partial charge in [-0.2, -0.15) is 0 Å². The minimum absolute atomic E-state index is 0.0295. The fourth-order valence-corrected chi connectivity index (χ4v) is 6.52. The summed E-state index contributed by atoms with van der Waals surface area (Å²) in [5, 5.41) is 5.12. The molecule has 11 nitrogen and oxygen atoms in total. The maximum Gasteiger partial charge on any atom is 0.325 e. The van der Waals surface area contributed by atoms with Gasteiger partial charge in [-0.25, -0.2) is 10.4 Å². The first-order valence-electron chi connectivity index (χ1n) is 17.3. The Morgan fingerprint density at radius 1 is 1.02 bits per heavy atom. The molecular weight excluding hydrogens is 610 g/mol. The molecule has 3 amide bonds. The number of hydrazine groups is 1. The van der Waals surface area contributed by atoms with E-state index in [-0.39, 0.29) is 30.4 Å². The standard InChI is InChI=1S/C37H49N5O6/c1-23(2)27-21-32(43)37(4,5)16-15-25-11-12-26-13-14-28(38-30(26)20-25)24(3)48-36(47)29-10-9-19-42(40-29)35(46)31(39-34(27)45)22-33(44)41-17-7-6-8-18-41/h11-16,20,23-24,27,29,31,40H,6-10,17-19,21-22H2,1-5H3,(H,39,45)/b16-15+/t24-,27+,29+,31+/m1/s1. The van der Waals surface area contributed by atoms with Gasteiger partial charge in [0.1, 0.15) is 24.0 Å². The van der Waals surface area contributed by atoms with Crippen molar-refractivity contribution < 1.29 is 28.7 Å². The van der Waals surface area contributed by atoms with Crippen molar-refractivity contribution >= 4 is 46.5 Å². The van der Waals surface area contributed by atoms with Gasteiger partial charge in [-0.15, -0.1) is 0 Å². The van der Waals surface area contributed by atoms with E-state index < -0.39 is 47.3 Å². The fourth-order valence-electron chi connectivity index (χ4n) is 6.52. The van der Waals surface area contributed by atoms with Gasteiger partial charge in [0.15, 0.2) is 0 Å². The molecule has 48 heavy (non-hydrogen) atoms. The van der Waals surface area contributed by atoms with E-state index in [0.717, 1.165) is 35.7 Å². The van der Waals surface area contributed by atoms with Crippen LogP contribution in [-0.2, 0) is 28.7 Å². The number of Topliss-reactive ketones (excluding diaryl/α,β-unsaturated/α-hetero) is 1. The summed E-state index contributed by atoms with van der Waals surface area (Å²) >= 11 is 0. The number of likely N-dealkylation sites (tertiary alicyclic amines) is 1. The summed E-state index contributed by atoms with van der Waals surface area (Å²) in [5.41, 5.74) is 4.30. The third kappa shape index (κ3) is 8.29. The normalized spacial score (nSPS) is 26.7. The summed E-state index contributed by atoms with van der Waals surface area (Å²) in [7, 11) is 0. The van der Waals surface area contributed by atoms with E-state index in [0.29, 0.717) is 38.2 Å². The molecule has 0 unspecified atom stereocenters. The van der Waals surface area contributed by atoms with Crippen molar-refractivity contribution in [3.63, 3.8) is 0 Å². The number of rotatable bonds is 3. The molecular formula is C37H49N5O6. The number of fused-ring (bicyclic) bond motifs is 4. The Balaban J connectivity index is 1.49. The van der Waals surface area contributed by atoms with Crippen LogP contribution in [0.25, 0.3) is 17.0 Å². The van der Waals surface area contributed by atoms with Gasteiger partial charge in [0.25, 0.3) is 5.91 Å². The van der Waals surface area contributed by atoms with Crippen molar-refractivity contribution in [2.24, 2.45) is 17.3 Å². The highest BCUT2D eigenvalue weighted by Gasteiger charge is 2.38. The lowest BCUT2D eigenvalue weighted by molar-refractivity contribution is -0.158. The van der Waals surface area contributed by atoms with E-state index in [1.165, 1.54) is 5.01 Å². The number of esters is 1. The van der Waals surface area contributed by atoms with Gasteiger partial charge in [-0.1, -0.05) is 44.2 Å². The minimum Gasteiger partial charge on any atom is -0.455 e. The number of cyclic esters (lactones) is 1. The molecule has 4 heterocycles. The van der Waals surface area contributed by atoms with Crippen LogP contribution in [0.3, 0.4) is 0 Å². The third-order valence-electron chi connectivity index (χ3n) is 9.84. The van der Waals surface area contributed by atoms with Crippen molar-refractivity contribution in [2.45, 2.75) is 97.8 Å². The molecule has 11 heteroatoms. The number of piperidine rings is 1. The Morgan fingerprint density at radius 3 is 2.48 bits per heavy atom. The zero-order valence-corrected chi connectivity index (χ0v) is 28.8. The lowest BCUT2D eigenvalue weighted by atomic mass is 9.79. The highest BCUT2D eigenvalue weighted by Crippen LogP contribution is 2.29. The summed E-state index contributed by atoms with van der Waals surface area (Å²) < 4.78 is 5.84. The first-order chi connectivity index (χ1) is 22.8. The highest BCUT2D eigenvalue weighted by atomic mass is 16.5. The second-order valence-electron chi connectivity index (χ2n) is 14.3. The van der Waals surface area contributed by atoms with Crippen LogP contribution in [0.5, 0.6) is 0 Å². The molecule has 3 aliphatic rings. The first kappa shape index (κ1) is 35.2. The Kier molecular flexibility index (Phi) is 11.0. The highest BCUT2D eigenvalue weighted by molar-refractivity contribution is 5.95. The van der Waals surface area contributed by atoms with Crippen molar-refractivity contribution in [3.05, 3.63) is 47.7 Å². The van der Waals surface area contributed by atoms with Crippen LogP contribution in [0.4, 0.5) is 0 Å². The Labute approximate surface area is 282 Å². The second-order valence-corrected chi connectivity index (χ2v) is 14.3. The summed E-state index contributed by atoms with van der Waals surface area (Å²) in [5.74, 6) is -2.73. The lowest BCUT2D eigenvalue weighted by Gasteiger charge is -2.36. The molecule has 5 rings (SSSR count). The number of aromatic nitrogens is 1. The van der Waals surface area contributed by atoms with Crippen LogP contribution >= 0.6 is 0 Å². The van der Waals surface area contributed by atoms with E-state index in [4.69, 9.17) is 9.72 Å². The average molecular weight is 660 g/mol. The largest absolute Gasteiger partial charge is 0.455 e. The van der Waals surface area contributed by atoms with Crippen LogP contribution in [0.2, 0.25) is 0 Å². The number of allylic oxidation sites excluding steroid dienone is 1. The number of ether oxygens (including phenoxy) is 1. The van der Waals surface area contributed by atoms with Crippen LogP contribution < -0.4 is 10.7 Å². The minimum atomic E-state index is -1.17. The molecule has 4 atom stereocenters. The zero-order chi connectivity index (χ0) is 34.6. The number of carbonyl (C=O) groups is 5. The maximum absolute atomic E-state index is 14.1. The monoisotopic (exact) mass is 659 g/mol. The maximum atomic E-state index is 14.1. The van der Waals surface area contributed by atoms with E-state index in [9.17, 15) is 24.0 Å². The average Bonchev–Trinajstić information content (AvgIpc) is 3.08. The molecule has 1 aromatic heterocycles. The molecule has 2 fully saturated rings. The van der Waals surface area contributed by atoms with Crippen molar-refractivity contribution in [3.8, 4) is 0 Å². The van der Waals surface area contributed by atoms with Crippen molar-refractivity contribution in [1.29, 1.82) is 0 Å². The molecule has 1 aromatic carbocycles. The zero-order valence-electron chi connectivity index (χ0n) is 28.8. The lowest BCUT2D eigenvalue weighted by Crippen LogP contribution is -2.61. The molecule has 2 aromatic rings. The summed E-state index contributed by atoms with van der Waals surface area (Å²) in [4.78, 5) is 75.0. The molecule has 0 saturated carbocycles. The van der Waals surface area contributed by atoms with Gasteiger partial charge >= 0.3 is 5.97 Å². The predicted molar refractivity (Wildman–Crippen MR) is 182 cm³/mol. The molecule has 0 radical (unpaired) electrons. The van der Waals surface area contributed by atoms with Gasteiger partial charge in [-0.05, 0) is 76.5 Å². The van der Waals surface area contributed by atoms with Crippen LogP contribution in [0, 0.1) is 17.3 Å². The van der Waals surface area contributed by atoms with Crippen LogP contribution in [-0.4, -0.2) is 76.1 Å². The van der Waals surface area contributed by atoms with Crippen molar-refractivity contribution in [1.82, 2.24) is 25.6 Å². The molecule has 0 aliphatic carbocycles. The van der Waals surface area contributed by atoms with E-state index in [1.807, 2.05) is 70.2 Å². The number of pyridine rings is 1. The Morgan fingerprint density at radius 2 is 1.75 bits per heavy atom. The SMILES string of the molecule is CC(C)[C@@H]1CC(=O)C(C)(C)/C=C/c2ccc3ccc(nc3c2)[C@@H](C)OC(=O)[C@@H]2CCCN(N2)C(=O)[C@H](CC(=O)N2CCCCC2)NC1=O. The van der Waals surface area contributed by atoms with Gasteiger partial charge < -0.3 is 15.0 Å². The number of nitrogens with zero attached hydrogens (tertiary/aromatic N) is 3. The van der Waals surface area contributed by atoms with E-state index in [1.54, 1.807) is 11.8 Å². The van der Waals surface area contributed by atoms with E-state index >= 15 is 0 Å². The van der Waals surface area contributed by atoms with Crippen molar-refractivity contribution in [2.75, 3.05) is 19.6 Å². The quantitative estimate of drug-likeness (QED) is 0.460. The first-order valence-corrected chi connectivity index (χ1v) is 17.3. The smallest absolute Gasteiger partial charge is 0.325 e. The van der Waals surface area contributed by atoms with Gasteiger partial charge in [0, 0.05) is 42.8 Å². The molecule has 2 saturated heterocycles. The number of nitrogens with one attached hydrogen (secondary N) is 2. The molecule has 258 valence electrons. The summed E-state index contributed by atoms with van der Waals surface area (Å²) in [6.45, 7) is 10.7. The summed E-state index contributed by atoms with van der Waals surface area (Å²) in [6, 6.07) is 7.62. The molecule has 2 N–H and O–H groups in total. The molecule has 5 bridgehead atoms. The third-order valence-corrected chi connectivity index (χ3v) is 9.84. The number of benzene rings is 1. The molecule has 0 spiro atoms. The predicted octanol–water partition coefficient (Wildman–Crippen LogP) is 4.51. The Hall–Kier alpha value is -4.12.